The number of Topliss-reactive ketones (excluding diaryl/α,β-unsaturated/α-hetero) is 2. The molecular formula is C14H27N3O3. The van der Waals surface area contributed by atoms with E-state index < -0.39 is 6.03 Å². The molecule has 0 aliphatic rings. The third-order valence-corrected chi connectivity index (χ3v) is 3.38. The smallest absolute Gasteiger partial charge is 0.312 e. The maximum atomic E-state index is 12.2. The van der Waals surface area contributed by atoms with Gasteiger partial charge in [0.05, 0.1) is 6.04 Å². The highest BCUT2D eigenvalue weighted by Gasteiger charge is 2.25. The van der Waals surface area contributed by atoms with E-state index in [1.165, 1.54) is 6.92 Å². The zero-order valence-corrected chi connectivity index (χ0v) is 12.9. The van der Waals surface area contributed by atoms with Crippen LogP contribution < -0.4 is 16.4 Å². The molecule has 0 radical (unpaired) electrons. The number of carbonyl (C=O) groups excluding carboxylic acids is 3. The van der Waals surface area contributed by atoms with E-state index in [2.05, 4.69) is 10.6 Å². The van der Waals surface area contributed by atoms with Crippen molar-refractivity contribution < 1.29 is 14.4 Å². The lowest BCUT2D eigenvalue weighted by Crippen LogP contribution is -2.40. The summed E-state index contributed by atoms with van der Waals surface area (Å²) in [6.07, 6.45) is 1.46. The van der Waals surface area contributed by atoms with Gasteiger partial charge < -0.3 is 16.4 Å². The molecule has 0 aromatic rings. The summed E-state index contributed by atoms with van der Waals surface area (Å²) in [6.45, 7) is 5.87. The fraction of sp³-hybridized carbons (Fsp3) is 0.786. The summed E-state index contributed by atoms with van der Waals surface area (Å²) in [7, 11) is 1.75. The highest BCUT2D eigenvalue weighted by Crippen LogP contribution is 2.16. The van der Waals surface area contributed by atoms with Crippen molar-refractivity contribution in [1.29, 1.82) is 0 Å². The third kappa shape index (κ3) is 7.23. The van der Waals surface area contributed by atoms with E-state index >= 15 is 0 Å². The maximum absolute atomic E-state index is 12.2. The minimum Gasteiger partial charge on any atom is -0.352 e. The van der Waals surface area contributed by atoms with Gasteiger partial charge in [-0.15, -0.1) is 0 Å². The number of hydrogen-bond donors (Lipinski definition) is 3. The number of primary amides is 1. The third-order valence-electron chi connectivity index (χ3n) is 3.38. The number of nitrogens with two attached hydrogens (primary N) is 1. The van der Waals surface area contributed by atoms with Crippen LogP contribution in [0.3, 0.4) is 0 Å². The Hall–Kier alpha value is -1.43. The van der Waals surface area contributed by atoms with Crippen LogP contribution in [0.1, 0.15) is 40.0 Å². The molecule has 0 unspecified atom stereocenters. The van der Waals surface area contributed by atoms with Crippen molar-refractivity contribution in [3.63, 3.8) is 0 Å². The monoisotopic (exact) mass is 285 g/mol. The van der Waals surface area contributed by atoms with Crippen molar-refractivity contribution >= 4 is 17.6 Å². The van der Waals surface area contributed by atoms with Crippen LogP contribution in [-0.4, -0.2) is 37.2 Å². The standard InChI is InChI=1S/C14H27N3O3/c1-9(2)13(16-4)12(19)8-11(10(3)18)6-5-7-17-14(15)20/h9,11,13,16H,5-8H2,1-4H3,(H3,15,17,20)/t11-,13-/m0/s1. The highest BCUT2D eigenvalue weighted by atomic mass is 16.2. The van der Waals surface area contributed by atoms with Gasteiger partial charge in [0.25, 0.3) is 0 Å². The second-order valence-corrected chi connectivity index (χ2v) is 5.42. The predicted octanol–water partition coefficient (Wildman–Crippen LogP) is 0.843. The van der Waals surface area contributed by atoms with Crippen LogP contribution in [0.4, 0.5) is 4.79 Å². The molecule has 0 aliphatic carbocycles. The molecular weight excluding hydrogens is 258 g/mol. The van der Waals surface area contributed by atoms with Crippen LogP contribution in [0.15, 0.2) is 0 Å². The number of likely N-dealkylation sites (N-methyl/N-ethyl adjacent to an activating group) is 1. The van der Waals surface area contributed by atoms with Gasteiger partial charge in [0.1, 0.15) is 5.78 Å². The van der Waals surface area contributed by atoms with Gasteiger partial charge >= 0.3 is 6.03 Å². The number of nitrogens with one attached hydrogen (secondary N) is 2. The minimum absolute atomic E-state index is 0.0102. The van der Waals surface area contributed by atoms with Crippen molar-refractivity contribution in [3.8, 4) is 0 Å². The molecule has 6 heteroatoms. The summed E-state index contributed by atoms with van der Waals surface area (Å²) in [4.78, 5) is 34.3. The SMILES string of the molecule is CN[C@H](C(=O)C[C@H](CCCNC(N)=O)C(C)=O)C(C)C. The molecule has 0 spiro atoms. The number of hydrogen-bond acceptors (Lipinski definition) is 4. The van der Waals surface area contributed by atoms with Gasteiger partial charge in [0.15, 0.2) is 5.78 Å². The molecule has 0 aliphatic heterocycles. The van der Waals surface area contributed by atoms with Gasteiger partial charge in [-0.1, -0.05) is 13.8 Å². The molecule has 116 valence electrons. The van der Waals surface area contributed by atoms with Gasteiger partial charge in [0.2, 0.25) is 0 Å². The van der Waals surface area contributed by atoms with E-state index in [9.17, 15) is 14.4 Å². The molecule has 0 aromatic heterocycles. The predicted molar refractivity (Wildman–Crippen MR) is 78.3 cm³/mol. The Kier molecular flexibility index (Phi) is 8.79. The summed E-state index contributed by atoms with van der Waals surface area (Å²) >= 11 is 0. The number of carbonyl (C=O) groups is 3. The molecule has 0 saturated carbocycles. The Labute approximate surface area is 120 Å². The normalized spacial score (nSPS) is 13.8. The average Bonchev–Trinajstić information content (AvgIpc) is 2.32. The van der Waals surface area contributed by atoms with Crippen molar-refractivity contribution in [2.75, 3.05) is 13.6 Å². The van der Waals surface area contributed by atoms with Crippen molar-refractivity contribution in [2.45, 2.75) is 46.1 Å². The van der Waals surface area contributed by atoms with Gasteiger partial charge in [-0.2, -0.15) is 0 Å². The van der Waals surface area contributed by atoms with Gasteiger partial charge in [-0.05, 0) is 32.7 Å². The molecule has 0 saturated heterocycles. The van der Waals surface area contributed by atoms with Crippen molar-refractivity contribution in [3.05, 3.63) is 0 Å². The first-order valence-corrected chi connectivity index (χ1v) is 7.03. The Balaban J connectivity index is 4.36. The van der Waals surface area contributed by atoms with E-state index in [-0.39, 0.29) is 35.9 Å². The Morgan fingerprint density at radius 3 is 2.20 bits per heavy atom. The van der Waals surface area contributed by atoms with Crippen LogP contribution in [0, 0.1) is 11.8 Å². The van der Waals surface area contributed by atoms with Crippen molar-refractivity contribution in [2.24, 2.45) is 17.6 Å². The lowest BCUT2D eigenvalue weighted by Gasteiger charge is -2.21. The second kappa shape index (κ2) is 9.47. The summed E-state index contributed by atoms with van der Waals surface area (Å²) in [5.74, 6) is -0.0231. The molecule has 0 aromatic carbocycles. The zero-order chi connectivity index (χ0) is 15.7. The van der Waals surface area contributed by atoms with E-state index in [4.69, 9.17) is 5.73 Å². The quantitative estimate of drug-likeness (QED) is 0.518. The molecule has 0 bridgehead atoms. The molecule has 6 nitrogen and oxygen atoms in total. The van der Waals surface area contributed by atoms with E-state index in [0.29, 0.717) is 19.4 Å². The first-order valence-electron chi connectivity index (χ1n) is 7.03. The van der Waals surface area contributed by atoms with Crippen LogP contribution in [0.5, 0.6) is 0 Å². The van der Waals surface area contributed by atoms with Gasteiger partial charge in [0, 0.05) is 18.9 Å². The summed E-state index contributed by atoms with van der Waals surface area (Å²) in [5.41, 5.74) is 4.96. The molecule has 4 N–H and O–H groups in total. The number of rotatable bonds is 10. The van der Waals surface area contributed by atoms with Crippen LogP contribution in [0.25, 0.3) is 0 Å². The fourth-order valence-corrected chi connectivity index (χ4v) is 2.25. The van der Waals surface area contributed by atoms with Crippen LogP contribution in [0.2, 0.25) is 0 Å². The van der Waals surface area contributed by atoms with Crippen LogP contribution >= 0.6 is 0 Å². The Bertz CT molecular complexity index is 343. The first kappa shape index (κ1) is 18.6. The molecule has 20 heavy (non-hydrogen) atoms. The largest absolute Gasteiger partial charge is 0.352 e. The molecule has 0 rings (SSSR count). The van der Waals surface area contributed by atoms with Gasteiger partial charge in [-0.25, -0.2) is 4.79 Å². The number of urea groups is 1. The van der Waals surface area contributed by atoms with Crippen LogP contribution in [-0.2, 0) is 9.59 Å². The van der Waals surface area contributed by atoms with E-state index in [0.717, 1.165) is 0 Å². The highest BCUT2D eigenvalue weighted by molar-refractivity contribution is 5.89. The summed E-state index contributed by atoms with van der Waals surface area (Å²) < 4.78 is 0. The van der Waals surface area contributed by atoms with Gasteiger partial charge in [-0.3, -0.25) is 9.59 Å². The minimum atomic E-state index is -0.574. The molecule has 2 amide bonds. The number of ketones is 2. The molecule has 0 heterocycles. The fourth-order valence-electron chi connectivity index (χ4n) is 2.25. The summed E-state index contributed by atoms with van der Waals surface area (Å²) in [6, 6.07) is -0.795. The molecule has 2 atom stereocenters. The zero-order valence-electron chi connectivity index (χ0n) is 12.9. The van der Waals surface area contributed by atoms with E-state index in [1.807, 2.05) is 13.8 Å². The second-order valence-electron chi connectivity index (χ2n) is 5.42. The first-order chi connectivity index (χ1) is 9.29. The average molecular weight is 285 g/mol. The van der Waals surface area contributed by atoms with E-state index in [1.54, 1.807) is 7.05 Å². The molecule has 0 fully saturated rings. The lowest BCUT2D eigenvalue weighted by molar-refractivity contribution is -0.128. The van der Waals surface area contributed by atoms with Crippen molar-refractivity contribution in [1.82, 2.24) is 10.6 Å². The maximum Gasteiger partial charge on any atom is 0.312 e. The Morgan fingerprint density at radius 1 is 1.20 bits per heavy atom. The number of amides is 2. The summed E-state index contributed by atoms with van der Waals surface area (Å²) in [5, 5.41) is 5.47. The Morgan fingerprint density at radius 2 is 1.80 bits per heavy atom. The topological polar surface area (TPSA) is 101 Å². The lowest BCUT2D eigenvalue weighted by atomic mass is 9.88.